The lowest BCUT2D eigenvalue weighted by Crippen LogP contribution is -2.24. The van der Waals surface area contributed by atoms with Gasteiger partial charge in [-0.3, -0.25) is 9.68 Å². The summed E-state index contributed by atoms with van der Waals surface area (Å²) in [6.45, 7) is 10.7. The minimum atomic E-state index is -0.527. The standard InChI is InChI=1S/C13H24O5/c1-12(2,3)16-10(14)8-7-9-11(15)17-18-13(4,5)6/h7-9H2,1-6H3. The lowest BCUT2D eigenvalue weighted by Gasteiger charge is -2.19. The van der Waals surface area contributed by atoms with Gasteiger partial charge in [-0.15, -0.1) is 0 Å². The number of hydrogen-bond donors (Lipinski definition) is 0. The molecule has 0 heterocycles. The highest BCUT2D eigenvalue weighted by molar-refractivity contribution is 5.72. The van der Waals surface area contributed by atoms with E-state index in [1.807, 2.05) is 0 Å². The van der Waals surface area contributed by atoms with E-state index in [1.54, 1.807) is 41.5 Å². The molecule has 0 unspecified atom stereocenters. The van der Waals surface area contributed by atoms with E-state index in [2.05, 4.69) is 4.89 Å². The molecule has 18 heavy (non-hydrogen) atoms. The van der Waals surface area contributed by atoms with Gasteiger partial charge in [0, 0.05) is 12.8 Å². The maximum Gasteiger partial charge on any atom is 0.342 e. The van der Waals surface area contributed by atoms with Crippen LogP contribution in [0.3, 0.4) is 0 Å². The molecule has 5 heteroatoms. The molecule has 106 valence electrons. The average Bonchev–Trinajstić information content (AvgIpc) is 2.10. The van der Waals surface area contributed by atoms with Gasteiger partial charge in [-0.1, -0.05) is 0 Å². The van der Waals surface area contributed by atoms with Crippen molar-refractivity contribution in [1.82, 2.24) is 0 Å². The molecule has 0 aliphatic rings. The number of esters is 1. The molecule has 0 radical (unpaired) electrons. The second kappa shape index (κ2) is 6.73. The molecule has 0 aromatic rings. The van der Waals surface area contributed by atoms with Crippen molar-refractivity contribution >= 4 is 11.9 Å². The minimum absolute atomic E-state index is 0.134. The lowest BCUT2D eigenvalue weighted by molar-refractivity contribution is -0.320. The molecule has 0 fully saturated rings. The Labute approximate surface area is 109 Å². The first-order valence-electron chi connectivity index (χ1n) is 6.10. The fraction of sp³-hybridized carbons (Fsp3) is 0.846. The first-order chi connectivity index (χ1) is 7.99. The maximum atomic E-state index is 11.4. The van der Waals surface area contributed by atoms with Gasteiger partial charge in [-0.25, -0.2) is 4.79 Å². The summed E-state index contributed by atoms with van der Waals surface area (Å²) in [6, 6.07) is 0. The zero-order valence-corrected chi connectivity index (χ0v) is 12.2. The van der Waals surface area contributed by atoms with Gasteiger partial charge in [0.25, 0.3) is 0 Å². The van der Waals surface area contributed by atoms with Gasteiger partial charge in [0.05, 0.1) is 0 Å². The van der Waals surface area contributed by atoms with Crippen LogP contribution in [0.25, 0.3) is 0 Å². The van der Waals surface area contributed by atoms with Crippen LogP contribution in [0.5, 0.6) is 0 Å². The van der Waals surface area contributed by atoms with Gasteiger partial charge in [0.15, 0.2) is 0 Å². The van der Waals surface area contributed by atoms with E-state index < -0.39 is 17.2 Å². The van der Waals surface area contributed by atoms with E-state index in [4.69, 9.17) is 9.62 Å². The summed E-state index contributed by atoms with van der Waals surface area (Å²) >= 11 is 0. The SMILES string of the molecule is CC(C)(C)OOC(=O)CCCC(=O)OC(C)(C)C. The van der Waals surface area contributed by atoms with Crippen molar-refractivity contribution in [2.45, 2.75) is 72.0 Å². The summed E-state index contributed by atoms with van der Waals surface area (Å²) < 4.78 is 5.11. The number of hydrogen-bond acceptors (Lipinski definition) is 5. The number of ether oxygens (including phenoxy) is 1. The maximum absolute atomic E-state index is 11.4. The fourth-order valence-electron chi connectivity index (χ4n) is 0.983. The van der Waals surface area contributed by atoms with Crippen molar-refractivity contribution in [3.8, 4) is 0 Å². The quantitative estimate of drug-likeness (QED) is 0.432. The van der Waals surface area contributed by atoms with Crippen LogP contribution in [0.4, 0.5) is 0 Å². The number of rotatable bonds is 5. The topological polar surface area (TPSA) is 61.8 Å². The van der Waals surface area contributed by atoms with Gasteiger partial charge in [0.2, 0.25) is 0 Å². The Kier molecular flexibility index (Phi) is 6.32. The monoisotopic (exact) mass is 260 g/mol. The Bertz CT molecular complexity index is 283. The van der Waals surface area contributed by atoms with E-state index in [-0.39, 0.29) is 18.8 Å². The van der Waals surface area contributed by atoms with Gasteiger partial charge in [-0.05, 0) is 48.0 Å². The van der Waals surface area contributed by atoms with E-state index in [0.29, 0.717) is 6.42 Å². The van der Waals surface area contributed by atoms with Crippen molar-refractivity contribution < 1.29 is 24.1 Å². The molecule has 0 saturated carbocycles. The number of carbonyl (C=O) groups is 2. The van der Waals surface area contributed by atoms with E-state index in [0.717, 1.165) is 0 Å². The molecule has 0 rings (SSSR count). The summed E-state index contributed by atoms with van der Waals surface area (Å²) in [5.41, 5.74) is -1.02. The molecule has 5 nitrogen and oxygen atoms in total. The van der Waals surface area contributed by atoms with Gasteiger partial charge < -0.3 is 4.74 Å². The summed E-state index contributed by atoms with van der Waals surface area (Å²) in [4.78, 5) is 32.1. The third-order valence-corrected chi connectivity index (χ3v) is 1.57. The largest absolute Gasteiger partial charge is 0.460 e. The Morgan fingerprint density at radius 3 is 1.78 bits per heavy atom. The predicted octanol–water partition coefficient (Wildman–Crippen LogP) is 2.77. The molecule has 0 aromatic carbocycles. The first kappa shape index (κ1) is 16.9. The van der Waals surface area contributed by atoms with Crippen LogP contribution in [-0.4, -0.2) is 23.1 Å². The van der Waals surface area contributed by atoms with Crippen LogP contribution in [-0.2, 0) is 24.1 Å². The molecule has 0 amide bonds. The molecule has 0 saturated heterocycles. The van der Waals surface area contributed by atoms with E-state index in [9.17, 15) is 9.59 Å². The normalized spacial score (nSPS) is 12.1. The first-order valence-corrected chi connectivity index (χ1v) is 6.10. The second-order valence-electron chi connectivity index (χ2n) is 6.09. The van der Waals surface area contributed by atoms with E-state index in [1.165, 1.54) is 0 Å². The summed E-state index contributed by atoms with van der Waals surface area (Å²) in [5, 5.41) is 0. The molecule has 0 bridgehead atoms. The molecule has 0 spiro atoms. The molecule has 0 aliphatic carbocycles. The zero-order chi connectivity index (χ0) is 14.4. The lowest BCUT2D eigenvalue weighted by atomic mass is 10.2. The summed E-state index contributed by atoms with van der Waals surface area (Å²) in [5.74, 6) is -0.791. The Morgan fingerprint density at radius 2 is 1.33 bits per heavy atom. The van der Waals surface area contributed by atoms with Crippen LogP contribution < -0.4 is 0 Å². The number of carbonyl (C=O) groups excluding carboxylic acids is 2. The predicted molar refractivity (Wildman–Crippen MR) is 66.6 cm³/mol. The Morgan fingerprint density at radius 1 is 0.833 bits per heavy atom. The van der Waals surface area contributed by atoms with Gasteiger partial charge in [0.1, 0.15) is 11.2 Å². The van der Waals surface area contributed by atoms with Crippen LogP contribution in [0, 0.1) is 0 Å². The second-order valence-corrected chi connectivity index (χ2v) is 6.09. The Hall–Kier alpha value is -1.10. The highest BCUT2D eigenvalue weighted by atomic mass is 17.2. The molecule has 0 atom stereocenters. The molecular formula is C13H24O5. The van der Waals surface area contributed by atoms with Crippen LogP contribution in [0.15, 0.2) is 0 Å². The smallest absolute Gasteiger partial charge is 0.342 e. The highest BCUT2D eigenvalue weighted by Gasteiger charge is 2.18. The third kappa shape index (κ3) is 11.4. The molecular weight excluding hydrogens is 236 g/mol. The minimum Gasteiger partial charge on any atom is -0.460 e. The van der Waals surface area contributed by atoms with Crippen LogP contribution in [0.2, 0.25) is 0 Å². The van der Waals surface area contributed by atoms with Crippen LogP contribution in [0.1, 0.15) is 60.8 Å². The summed E-state index contributed by atoms with van der Waals surface area (Å²) in [6.07, 6.45) is 0.721. The van der Waals surface area contributed by atoms with Crippen molar-refractivity contribution in [3.63, 3.8) is 0 Å². The van der Waals surface area contributed by atoms with Crippen molar-refractivity contribution in [3.05, 3.63) is 0 Å². The van der Waals surface area contributed by atoms with Gasteiger partial charge in [-0.2, -0.15) is 4.89 Å². The molecule has 0 aromatic heterocycles. The zero-order valence-electron chi connectivity index (χ0n) is 12.2. The average molecular weight is 260 g/mol. The van der Waals surface area contributed by atoms with Gasteiger partial charge >= 0.3 is 11.9 Å². The fourth-order valence-corrected chi connectivity index (χ4v) is 0.983. The van der Waals surface area contributed by atoms with Crippen molar-refractivity contribution in [2.75, 3.05) is 0 Å². The van der Waals surface area contributed by atoms with E-state index >= 15 is 0 Å². The van der Waals surface area contributed by atoms with Crippen LogP contribution >= 0.6 is 0 Å². The molecule has 0 aliphatic heterocycles. The Balaban J connectivity index is 3.72. The summed E-state index contributed by atoms with van der Waals surface area (Å²) in [7, 11) is 0. The van der Waals surface area contributed by atoms with Crippen molar-refractivity contribution in [2.24, 2.45) is 0 Å². The highest BCUT2D eigenvalue weighted by Crippen LogP contribution is 2.11. The molecule has 0 N–H and O–H groups in total. The van der Waals surface area contributed by atoms with Crippen molar-refractivity contribution in [1.29, 1.82) is 0 Å². The third-order valence-electron chi connectivity index (χ3n) is 1.57.